The number of halogens is 1. The van der Waals surface area contributed by atoms with Crippen molar-refractivity contribution < 1.29 is 23.5 Å². The predicted octanol–water partition coefficient (Wildman–Crippen LogP) is 2.29. The summed E-state index contributed by atoms with van der Waals surface area (Å²) in [5.41, 5.74) is 6.29. The number of hydrazine groups is 1. The number of nitrogens with one attached hydrogen (secondary N) is 2. The number of carbonyl (C=O) groups is 2. The number of ether oxygens (including phenoxy) is 2. The highest BCUT2D eigenvalue weighted by atomic mass is 19.1. The molecule has 2 amide bonds. The highest BCUT2D eigenvalue weighted by Gasteiger charge is 2.14. The summed E-state index contributed by atoms with van der Waals surface area (Å²) in [4.78, 5) is 23.9. The number of hydrogen-bond acceptors (Lipinski definition) is 4. The lowest BCUT2D eigenvalue weighted by atomic mass is 10.1. The third-order valence-electron chi connectivity index (χ3n) is 3.42. The van der Waals surface area contributed by atoms with Gasteiger partial charge in [0.1, 0.15) is 17.3 Å². The van der Waals surface area contributed by atoms with E-state index >= 15 is 0 Å². The Morgan fingerprint density at radius 1 is 1.04 bits per heavy atom. The molecule has 0 aliphatic carbocycles. The molecule has 25 heavy (non-hydrogen) atoms. The molecule has 0 spiro atoms. The van der Waals surface area contributed by atoms with Crippen LogP contribution in [0.15, 0.2) is 36.4 Å². The first-order valence-corrected chi connectivity index (χ1v) is 7.53. The van der Waals surface area contributed by atoms with Gasteiger partial charge >= 0.3 is 0 Å². The number of benzene rings is 2. The summed E-state index contributed by atoms with van der Waals surface area (Å²) in [5.74, 6) is -1.05. The fraction of sp³-hybridized carbons (Fsp3) is 0.222. The Bertz CT molecular complexity index is 793. The maximum absolute atomic E-state index is 13.3. The van der Waals surface area contributed by atoms with E-state index in [1.165, 1.54) is 19.2 Å². The Balaban J connectivity index is 1.90. The lowest BCUT2D eigenvalue weighted by molar-refractivity contribution is -0.123. The van der Waals surface area contributed by atoms with E-state index in [1.54, 1.807) is 0 Å². The fourth-order valence-corrected chi connectivity index (χ4v) is 2.09. The molecule has 0 saturated heterocycles. The zero-order chi connectivity index (χ0) is 18.4. The van der Waals surface area contributed by atoms with E-state index in [9.17, 15) is 14.0 Å². The van der Waals surface area contributed by atoms with Gasteiger partial charge in [0, 0.05) is 0 Å². The van der Waals surface area contributed by atoms with Crippen molar-refractivity contribution >= 4 is 11.8 Å². The summed E-state index contributed by atoms with van der Waals surface area (Å²) < 4.78 is 23.7. The highest BCUT2D eigenvalue weighted by molar-refractivity contribution is 5.97. The maximum atomic E-state index is 13.3. The van der Waals surface area contributed by atoms with Crippen LogP contribution in [-0.4, -0.2) is 25.5 Å². The Hall–Kier alpha value is -3.09. The van der Waals surface area contributed by atoms with Crippen LogP contribution < -0.4 is 20.3 Å². The van der Waals surface area contributed by atoms with Crippen LogP contribution >= 0.6 is 0 Å². The molecule has 2 rings (SSSR count). The molecule has 0 saturated carbocycles. The van der Waals surface area contributed by atoms with Crippen LogP contribution in [0.25, 0.3) is 0 Å². The minimum absolute atomic E-state index is 0.0294. The zero-order valence-corrected chi connectivity index (χ0v) is 14.2. The van der Waals surface area contributed by atoms with Gasteiger partial charge in [-0.25, -0.2) is 4.39 Å². The first kappa shape index (κ1) is 18.3. The molecule has 0 heterocycles. The predicted molar refractivity (Wildman–Crippen MR) is 90.0 cm³/mol. The van der Waals surface area contributed by atoms with Crippen molar-refractivity contribution in [3.63, 3.8) is 0 Å². The van der Waals surface area contributed by atoms with E-state index in [2.05, 4.69) is 10.9 Å². The molecule has 0 atom stereocenters. The van der Waals surface area contributed by atoms with Gasteiger partial charge in [-0.05, 0) is 49.2 Å². The smallest absolute Gasteiger partial charge is 0.276 e. The molecular weight excluding hydrogens is 327 g/mol. The molecule has 2 aromatic carbocycles. The Morgan fingerprint density at radius 3 is 2.52 bits per heavy atom. The van der Waals surface area contributed by atoms with Crippen molar-refractivity contribution in [1.82, 2.24) is 10.9 Å². The van der Waals surface area contributed by atoms with Crippen molar-refractivity contribution in [2.24, 2.45) is 0 Å². The van der Waals surface area contributed by atoms with Crippen LogP contribution in [0.3, 0.4) is 0 Å². The Morgan fingerprint density at radius 2 is 1.80 bits per heavy atom. The molecule has 0 aromatic heterocycles. The molecule has 0 unspecified atom stereocenters. The van der Waals surface area contributed by atoms with Crippen molar-refractivity contribution in [3.05, 3.63) is 58.9 Å². The summed E-state index contributed by atoms with van der Waals surface area (Å²) >= 11 is 0. The zero-order valence-electron chi connectivity index (χ0n) is 14.2. The minimum Gasteiger partial charge on any atom is -0.496 e. The van der Waals surface area contributed by atoms with E-state index < -0.39 is 17.6 Å². The summed E-state index contributed by atoms with van der Waals surface area (Å²) in [6, 6.07) is 9.17. The second kappa shape index (κ2) is 8.14. The quantitative estimate of drug-likeness (QED) is 0.815. The van der Waals surface area contributed by atoms with Crippen molar-refractivity contribution in [1.29, 1.82) is 0 Å². The fourth-order valence-electron chi connectivity index (χ4n) is 2.09. The monoisotopic (exact) mass is 346 g/mol. The second-order valence-electron chi connectivity index (χ2n) is 5.40. The van der Waals surface area contributed by atoms with Crippen molar-refractivity contribution in [2.75, 3.05) is 13.7 Å². The molecule has 0 bridgehead atoms. The molecule has 2 N–H and O–H groups in total. The average molecular weight is 346 g/mol. The van der Waals surface area contributed by atoms with Crippen LogP contribution in [0.1, 0.15) is 21.5 Å². The van der Waals surface area contributed by atoms with Gasteiger partial charge in [-0.15, -0.1) is 0 Å². The number of aryl methyl sites for hydroxylation is 2. The molecule has 2 aromatic rings. The van der Waals surface area contributed by atoms with Gasteiger partial charge in [-0.1, -0.05) is 12.1 Å². The van der Waals surface area contributed by atoms with Crippen LogP contribution in [0, 0.1) is 19.7 Å². The van der Waals surface area contributed by atoms with E-state index in [-0.39, 0.29) is 17.9 Å². The van der Waals surface area contributed by atoms with Crippen LogP contribution in [0.2, 0.25) is 0 Å². The minimum atomic E-state index is -0.698. The van der Waals surface area contributed by atoms with E-state index in [0.717, 1.165) is 17.2 Å². The maximum Gasteiger partial charge on any atom is 0.276 e. The van der Waals surface area contributed by atoms with Gasteiger partial charge in [-0.2, -0.15) is 0 Å². The van der Waals surface area contributed by atoms with Gasteiger partial charge in [0.25, 0.3) is 11.8 Å². The normalized spacial score (nSPS) is 10.1. The summed E-state index contributed by atoms with van der Waals surface area (Å²) in [5, 5.41) is 0. The van der Waals surface area contributed by atoms with Crippen LogP contribution in [0.4, 0.5) is 4.39 Å². The molecule has 0 fully saturated rings. The summed E-state index contributed by atoms with van der Waals surface area (Å²) in [7, 11) is 1.36. The number of amides is 2. The van der Waals surface area contributed by atoms with Crippen LogP contribution in [0.5, 0.6) is 11.5 Å². The van der Waals surface area contributed by atoms with Crippen molar-refractivity contribution in [3.8, 4) is 11.5 Å². The number of hydrogen-bond donors (Lipinski definition) is 2. The molecule has 0 radical (unpaired) electrons. The molecule has 0 aliphatic heterocycles. The highest BCUT2D eigenvalue weighted by Crippen LogP contribution is 2.19. The summed E-state index contributed by atoms with van der Waals surface area (Å²) in [6.45, 7) is 3.51. The first-order valence-electron chi connectivity index (χ1n) is 7.53. The third kappa shape index (κ3) is 4.94. The van der Waals surface area contributed by atoms with Crippen LogP contribution in [-0.2, 0) is 4.79 Å². The van der Waals surface area contributed by atoms with E-state index in [1.807, 2.05) is 32.0 Å². The Labute approximate surface area is 144 Å². The molecule has 7 heteroatoms. The van der Waals surface area contributed by atoms with Gasteiger partial charge < -0.3 is 9.47 Å². The van der Waals surface area contributed by atoms with Gasteiger partial charge in [0.05, 0.1) is 12.7 Å². The standard InChI is InChI=1S/C18H19FN2O4/c1-11-4-5-12(2)16(8-11)25-10-17(22)20-21-18(23)14-9-13(19)6-7-15(14)24-3/h4-9H,10H2,1-3H3,(H,20,22)(H,21,23). The second-order valence-corrected chi connectivity index (χ2v) is 5.40. The lowest BCUT2D eigenvalue weighted by Gasteiger charge is -2.12. The van der Waals surface area contributed by atoms with Crippen molar-refractivity contribution in [2.45, 2.75) is 13.8 Å². The first-order chi connectivity index (χ1) is 11.9. The molecule has 0 aliphatic rings. The Kier molecular flexibility index (Phi) is 5.94. The van der Waals surface area contributed by atoms with Gasteiger partial charge in [0.2, 0.25) is 0 Å². The van der Waals surface area contributed by atoms with Gasteiger partial charge in [0.15, 0.2) is 6.61 Å². The number of carbonyl (C=O) groups excluding carboxylic acids is 2. The average Bonchev–Trinajstić information content (AvgIpc) is 2.60. The molecule has 132 valence electrons. The number of rotatable bonds is 5. The largest absolute Gasteiger partial charge is 0.496 e. The topological polar surface area (TPSA) is 76.7 Å². The summed E-state index contributed by atoms with van der Waals surface area (Å²) in [6.07, 6.45) is 0. The molecule has 6 nitrogen and oxygen atoms in total. The SMILES string of the molecule is COc1ccc(F)cc1C(=O)NNC(=O)COc1cc(C)ccc1C. The third-order valence-corrected chi connectivity index (χ3v) is 3.42. The van der Waals surface area contributed by atoms with E-state index in [4.69, 9.17) is 9.47 Å². The lowest BCUT2D eigenvalue weighted by Crippen LogP contribution is -2.44. The number of methoxy groups -OCH3 is 1. The van der Waals surface area contributed by atoms with E-state index in [0.29, 0.717) is 5.75 Å². The molecular formula is C18H19FN2O4. The van der Waals surface area contributed by atoms with Gasteiger partial charge in [-0.3, -0.25) is 20.4 Å².